The van der Waals surface area contributed by atoms with Gasteiger partial charge in [-0.1, -0.05) is 19.1 Å². The number of aromatic nitrogens is 1. The zero-order valence-electron chi connectivity index (χ0n) is 22.1. The molecule has 5 rings (SSSR count). The first-order valence-electron chi connectivity index (χ1n) is 13.3. The molecule has 0 unspecified atom stereocenters. The minimum absolute atomic E-state index is 0.0468. The molecule has 39 heavy (non-hydrogen) atoms. The number of carbonyl (C=O) groups is 2. The summed E-state index contributed by atoms with van der Waals surface area (Å²) in [7, 11) is -2.27. The number of hydrogen-bond donors (Lipinski definition) is 2. The molecule has 1 aliphatic carbocycles. The van der Waals surface area contributed by atoms with Crippen molar-refractivity contribution in [1.82, 2.24) is 14.6 Å². The number of nitrogens with zero attached hydrogens (tertiary/aromatic N) is 2. The molecule has 1 aliphatic heterocycles. The molecule has 1 fully saturated rings. The van der Waals surface area contributed by atoms with Crippen LogP contribution in [0.15, 0.2) is 47.4 Å². The summed E-state index contributed by atoms with van der Waals surface area (Å²) in [4.78, 5) is 29.8. The second kappa shape index (κ2) is 10.9. The molecule has 0 saturated carbocycles. The lowest BCUT2D eigenvalue weighted by Gasteiger charge is -2.30. The molecule has 9 nitrogen and oxygen atoms in total. The van der Waals surface area contributed by atoms with E-state index in [2.05, 4.69) is 17.2 Å². The van der Waals surface area contributed by atoms with Crippen molar-refractivity contribution in [2.24, 2.45) is 11.8 Å². The number of benzene rings is 2. The van der Waals surface area contributed by atoms with Crippen molar-refractivity contribution in [2.45, 2.75) is 50.5 Å². The molecule has 2 N–H and O–H groups in total. The Morgan fingerprint density at radius 1 is 1.10 bits per heavy atom. The number of sulfonamides is 1. The standard InChI is InChI=1S/C29H33N3O6S/c1-18-3-9-25-23(15-18)27(29(34)35)24-16-22(8-10-26(24)31-25)39(36,37)32-13-11-20(12-14-32)28(33)30-17-19-4-6-21(38-2)7-5-19/h4-8,10,16,18,20H,3,9,11-15,17H2,1-2H3,(H,30,33)(H,34,35)/t18-/m0/s1. The first-order valence-corrected chi connectivity index (χ1v) is 14.7. The number of ether oxygens (including phenoxy) is 1. The Balaban J connectivity index is 1.29. The first-order chi connectivity index (χ1) is 18.7. The fourth-order valence-electron chi connectivity index (χ4n) is 5.58. The van der Waals surface area contributed by atoms with Gasteiger partial charge in [0.25, 0.3) is 0 Å². The summed E-state index contributed by atoms with van der Waals surface area (Å²) >= 11 is 0. The first kappa shape index (κ1) is 27.1. The van der Waals surface area contributed by atoms with Crippen LogP contribution in [0.1, 0.15) is 53.4 Å². The number of carboxylic acid groups (broad SMARTS) is 1. The number of piperidine rings is 1. The largest absolute Gasteiger partial charge is 0.497 e. The van der Waals surface area contributed by atoms with E-state index in [-0.39, 0.29) is 35.4 Å². The van der Waals surface area contributed by atoms with Crippen LogP contribution >= 0.6 is 0 Å². The Morgan fingerprint density at radius 3 is 2.49 bits per heavy atom. The summed E-state index contributed by atoms with van der Waals surface area (Å²) in [6.45, 7) is 2.91. The SMILES string of the molecule is COc1ccc(CNC(=O)C2CCN(S(=O)(=O)c3ccc4nc5c(c(C(=O)O)c4c3)C[C@@H](C)CC5)CC2)cc1. The summed E-state index contributed by atoms with van der Waals surface area (Å²) in [5.74, 6) is -0.345. The van der Waals surface area contributed by atoms with Crippen molar-refractivity contribution in [2.75, 3.05) is 20.2 Å². The highest BCUT2D eigenvalue weighted by atomic mass is 32.2. The van der Waals surface area contributed by atoms with Crippen LogP contribution < -0.4 is 10.1 Å². The number of aryl methyl sites for hydroxylation is 1. The molecular formula is C29H33N3O6S. The zero-order valence-corrected chi connectivity index (χ0v) is 23.0. The number of methoxy groups -OCH3 is 1. The third-order valence-corrected chi connectivity index (χ3v) is 9.77. The van der Waals surface area contributed by atoms with E-state index in [1.165, 1.54) is 16.4 Å². The van der Waals surface area contributed by atoms with Crippen LogP contribution in [0.25, 0.3) is 10.9 Å². The third-order valence-electron chi connectivity index (χ3n) is 7.87. The van der Waals surface area contributed by atoms with Crippen LogP contribution in [-0.2, 0) is 34.2 Å². The second-order valence-corrected chi connectivity index (χ2v) is 12.4. The summed E-state index contributed by atoms with van der Waals surface area (Å²) in [6.07, 6.45) is 3.11. The Labute approximate surface area is 228 Å². The summed E-state index contributed by atoms with van der Waals surface area (Å²) in [5, 5.41) is 13.4. The van der Waals surface area contributed by atoms with Crippen molar-refractivity contribution in [3.8, 4) is 5.75 Å². The zero-order chi connectivity index (χ0) is 27.7. The number of nitrogens with one attached hydrogen (secondary N) is 1. The molecule has 1 saturated heterocycles. The molecule has 1 aromatic heterocycles. The molecule has 1 amide bonds. The monoisotopic (exact) mass is 551 g/mol. The Bertz CT molecular complexity index is 1510. The molecule has 2 aliphatic rings. The van der Waals surface area contributed by atoms with Gasteiger partial charge in [0.15, 0.2) is 0 Å². The van der Waals surface area contributed by atoms with Crippen LogP contribution in [-0.4, -0.2) is 54.9 Å². The predicted molar refractivity (Wildman–Crippen MR) is 146 cm³/mol. The van der Waals surface area contributed by atoms with E-state index in [9.17, 15) is 23.1 Å². The Morgan fingerprint density at radius 2 is 1.82 bits per heavy atom. The molecule has 206 valence electrons. The molecule has 3 aromatic rings. The average Bonchev–Trinajstić information content (AvgIpc) is 2.94. The van der Waals surface area contributed by atoms with Crippen molar-refractivity contribution >= 4 is 32.8 Å². The van der Waals surface area contributed by atoms with Crippen LogP contribution in [0, 0.1) is 11.8 Å². The number of fused-ring (bicyclic) bond motifs is 2. The van der Waals surface area contributed by atoms with Gasteiger partial charge in [0.2, 0.25) is 15.9 Å². The highest BCUT2D eigenvalue weighted by Crippen LogP contribution is 2.33. The number of rotatable bonds is 7. The smallest absolute Gasteiger partial charge is 0.336 e. The molecule has 0 bridgehead atoms. The minimum atomic E-state index is -3.87. The molecule has 0 radical (unpaired) electrons. The predicted octanol–water partition coefficient (Wildman–Crippen LogP) is 3.78. The molecular weight excluding hydrogens is 518 g/mol. The summed E-state index contributed by atoms with van der Waals surface area (Å²) in [5.41, 5.74) is 3.11. The van der Waals surface area contributed by atoms with E-state index in [0.29, 0.717) is 48.2 Å². The fraction of sp³-hybridized carbons (Fsp3) is 0.414. The van der Waals surface area contributed by atoms with Gasteiger partial charge < -0.3 is 15.2 Å². The quantitative estimate of drug-likeness (QED) is 0.458. The topological polar surface area (TPSA) is 126 Å². The van der Waals surface area contributed by atoms with Crippen LogP contribution in [0.3, 0.4) is 0 Å². The van der Waals surface area contributed by atoms with Gasteiger partial charge in [-0.05, 0) is 79.5 Å². The maximum Gasteiger partial charge on any atom is 0.336 e. The highest BCUT2D eigenvalue weighted by molar-refractivity contribution is 7.89. The van der Waals surface area contributed by atoms with Gasteiger partial charge in [-0.25, -0.2) is 13.2 Å². The van der Waals surface area contributed by atoms with Crippen LogP contribution in [0.5, 0.6) is 5.75 Å². The summed E-state index contributed by atoms with van der Waals surface area (Å²) < 4.78 is 33.6. The molecule has 2 heterocycles. The number of carboxylic acids is 1. The lowest BCUT2D eigenvalue weighted by molar-refractivity contribution is -0.126. The molecule has 2 aromatic carbocycles. The fourth-order valence-corrected chi connectivity index (χ4v) is 7.08. The third kappa shape index (κ3) is 5.49. The van der Waals surface area contributed by atoms with Crippen molar-refractivity contribution in [3.05, 3.63) is 64.8 Å². The number of pyridine rings is 1. The second-order valence-electron chi connectivity index (χ2n) is 10.5. The van der Waals surface area contributed by atoms with Gasteiger partial charge in [0.05, 0.1) is 23.1 Å². The highest BCUT2D eigenvalue weighted by Gasteiger charge is 2.33. The number of carbonyl (C=O) groups excluding carboxylic acids is 1. The Hall–Kier alpha value is -3.50. The van der Waals surface area contributed by atoms with E-state index in [4.69, 9.17) is 4.74 Å². The molecule has 10 heteroatoms. The minimum Gasteiger partial charge on any atom is -0.497 e. The van der Waals surface area contributed by atoms with Crippen LogP contribution in [0.2, 0.25) is 0 Å². The van der Waals surface area contributed by atoms with E-state index in [0.717, 1.165) is 29.8 Å². The van der Waals surface area contributed by atoms with Crippen LogP contribution in [0.4, 0.5) is 0 Å². The number of hydrogen-bond acceptors (Lipinski definition) is 6. The van der Waals surface area contributed by atoms with E-state index in [1.807, 2.05) is 24.3 Å². The van der Waals surface area contributed by atoms with Crippen molar-refractivity contribution in [3.63, 3.8) is 0 Å². The average molecular weight is 552 g/mol. The van der Waals surface area contributed by atoms with Crippen molar-refractivity contribution < 1.29 is 27.9 Å². The van der Waals surface area contributed by atoms with Gasteiger partial charge >= 0.3 is 5.97 Å². The van der Waals surface area contributed by atoms with Gasteiger partial charge in [0.1, 0.15) is 5.75 Å². The number of amides is 1. The van der Waals surface area contributed by atoms with E-state index in [1.54, 1.807) is 13.2 Å². The van der Waals surface area contributed by atoms with E-state index < -0.39 is 16.0 Å². The van der Waals surface area contributed by atoms with Gasteiger partial charge in [-0.2, -0.15) is 4.31 Å². The summed E-state index contributed by atoms with van der Waals surface area (Å²) in [6, 6.07) is 12.0. The maximum atomic E-state index is 13.5. The number of aromatic carboxylic acids is 1. The maximum absolute atomic E-state index is 13.5. The Kier molecular flexibility index (Phi) is 7.59. The van der Waals surface area contributed by atoms with Gasteiger partial charge in [-0.15, -0.1) is 0 Å². The normalized spacial score (nSPS) is 18.5. The van der Waals surface area contributed by atoms with Crippen molar-refractivity contribution in [1.29, 1.82) is 0 Å². The molecule has 0 spiro atoms. The van der Waals surface area contributed by atoms with Gasteiger partial charge in [0, 0.05) is 36.6 Å². The lowest BCUT2D eigenvalue weighted by atomic mass is 9.84. The molecule has 1 atom stereocenters. The lowest BCUT2D eigenvalue weighted by Crippen LogP contribution is -2.42. The van der Waals surface area contributed by atoms with Gasteiger partial charge in [-0.3, -0.25) is 9.78 Å². The van der Waals surface area contributed by atoms with E-state index >= 15 is 0 Å².